The zero-order chi connectivity index (χ0) is 20.9. The number of fused-ring (bicyclic) bond motifs is 3. The Kier molecular flexibility index (Phi) is 9.06. The Labute approximate surface area is 213 Å². The van der Waals surface area contributed by atoms with Gasteiger partial charge in [-0.1, -0.05) is 55.8 Å². The largest absolute Gasteiger partial charge is 2.00 e. The second-order valence-electron chi connectivity index (χ2n) is 6.63. The average molecular weight is 569 g/mol. The topological polar surface area (TPSA) is 23.8 Å². The van der Waals surface area contributed by atoms with Crippen LogP contribution < -0.4 is 0 Å². The smallest absolute Gasteiger partial charge is 0.192 e. The van der Waals surface area contributed by atoms with Crippen molar-refractivity contribution in [1.82, 2.24) is 0 Å². The quantitative estimate of drug-likeness (QED) is 0.164. The van der Waals surface area contributed by atoms with Crippen molar-refractivity contribution in [1.29, 1.82) is 5.26 Å². The molecule has 10 radical (unpaired) electrons. The predicted molar refractivity (Wildman–Crippen MR) is 129 cm³/mol. The van der Waals surface area contributed by atoms with E-state index in [1.54, 1.807) is 0 Å². The van der Waals surface area contributed by atoms with Crippen LogP contribution in [0, 0.1) is 86.9 Å². The molecule has 2 fully saturated rings. The zero-order valence-electron chi connectivity index (χ0n) is 16.2. The number of allylic oxidation sites excluding steroid dienone is 1. The molecule has 0 aromatic heterocycles. The molecular weight excluding hydrogens is 554 g/mol. The average Bonchev–Trinajstić information content (AvgIpc) is 3.51. The molecule has 1 nitrogen and oxygen atoms in total. The molecule has 3 aliphatic rings. The van der Waals surface area contributed by atoms with Crippen molar-refractivity contribution in [2.24, 2.45) is 0 Å². The van der Waals surface area contributed by atoms with Gasteiger partial charge in [0, 0.05) is 14.5 Å². The van der Waals surface area contributed by atoms with Gasteiger partial charge >= 0.3 is 17.1 Å². The molecule has 0 N–H and O–H groups in total. The van der Waals surface area contributed by atoms with E-state index in [1.807, 2.05) is 69.9 Å². The number of nitriles is 1. The van der Waals surface area contributed by atoms with Crippen LogP contribution in [0.5, 0.6) is 0 Å². The van der Waals surface area contributed by atoms with Gasteiger partial charge in [-0.15, -0.1) is 0 Å². The van der Waals surface area contributed by atoms with Crippen LogP contribution in [0.4, 0.5) is 0 Å². The van der Waals surface area contributed by atoms with E-state index >= 15 is 0 Å². The summed E-state index contributed by atoms with van der Waals surface area (Å²) >= 11 is 7.08. The Morgan fingerprint density at radius 2 is 1.16 bits per heavy atom. The van der Waals surface area contributed by atoms with E-state index < -0.39 is 0 Å². The van der Waals surface area contributed by atoms with E-state index in [0.717, 1.165) is 42.7 Å². The van der Waals surface area contributed by atoms with Crippen LogP contribution >= 0.6 is 31.9 Å². The van der Waals surface area contributed by atoms with E-state index in [1.165, 1.54) is 0 Å². The van der Waals surface area contributed by atoms with Crippen molar-refractivity contribution in [3.63, 3.8) is 0 Å². The molecule has 0 aliphatic heterocycles. The van der Waals surface area contributed by atoms with E-state index in [-0.39, 0.29) is 17.1 Å². The van der Waals surface area contributed by atoms with E-state index in [4.69, 9.17) is 0 Å². The van der Waals surface area contributed by atoms with E-state index in [0.29, 0.717) is 5.57 Å². The first-order chi connectivity index (χ1) is 14.7. The minimum Gasteiger partial charge on any atom is -0.192 e. The number of hydrogen-bond donors (Lipinski definition) is 0. The van der Waals surface area contributed by atoms with Crippen LogP contribution in [0.3, 0.4) is 0 Å². The van der Waals surface area contributed by atoms with E-state index in [2.05, 4.69) is 74.0 Å². The molecule has 4 heteroatoms. The van der Waals surface area contributed by atoms with Crippen molar-refractivity contribution in [2.75, 3.05) is 0 Å². The van der Waals surface area contributed by atoms with E-state index in [9.17, 15) is 5.26 Å². The third-order valence-corrected chi connectivity index (χ3v) is 5.69. The third kappa shape index (κ3) is 5.74. The van der Waals surface area contributed by atoms with Crippen molar-refractivity contribution in [3.8, 4) is 29.0 Å². The SMILES string of the molecule is N#CC(C#C[C]1[CH][CH][CH][CH]1)=C1c2cc(Br)ccc2-c2ccc(Br)cc21.[CH]1[CH][CH][CH][CH]1.[Fe+2]. The predicted octanol–water partition coefficient (Wildman–Crippen LogP) is 6.95. The van der Waals surface area contributed by atoms with Crippen LogP contribution in [0.25, 0.3) is 16.7 Å². The van der Waals surface area contributed by atoms with Crippen molar-refractivity contribution in [2.45, 2.75) is 0 Å². The van der Waals surface area contributed by atoms with Gasteiger partial charge in [-0.3, -0.25) is 0 Å². The van der Waals surface area contributed by atoms with Gasteiger partial charge in [0.1, 0.15) is 11.6 Å². The summed E-state index contributed by atoms with van der Waals surface area (Å²) in [6.07, 6.45) is 17.8. The maximum absolute atomic E-state index is 9.77. The van der Waals surface area contributed by atoms with Crippen LogP contribution in [-0.2, 0) is 17.1 Å². The fraction of sp³-hybridized carbons (Fsp3) is 0. The van der Waals surface area contributed by atoms with Gasteiger partial charge in [0.2, 0.25) is 0 Å². The van der Waals surface area contributed by atoms with Gasteiger partial charge < -0.3 is 0 Å². The Bertz CT molecular complexity index is 1010. The molecule has 0 amide bonds. The van der Waals surface area contributed by atoms with Gasteiger partial charge in [0.15, 0.2) is 0 Å². The fourth-order valence-electron chi connectivity index (χ4n) is 3.39. The molecule has 148 valence electrons. The number of benzene rings is 2. The van der Waals surface area contributed by atoms with Gasteiger partial charge in [0.05, 0.1) is 5.92 Å². The summed E-state index contributed by atoms with van der Waals surface area (Å²) in [6, 6.07) is 14.6. The number of rotatable bonds is 0. The third-order valence-electron chi connectivity index (χ3n) is 4.70. The summed E-state index contributed by atoms with van der Waals surface area (Å²) in [4.78, 5) is 0. The summed E-state index contributed by atoms with van der Waals surface area (Å²) in [5.41, 5.74) is 5.71. The molecule has 0 bridgehead atoms. The molecule has 2 aromatic rings. The standard InChI is InChI=1S/C22H10Br2N.C5H5.Fe/c23-16-7-9-18-19-10-8-17(24)12-21(19)22(20(18)11-16)15(13-25)6-5-14-3-1-2-4-14;1-2-4-5-3-1;/h1-4,7-12H;1-5H;/q;;+2. The molecule has 2 saturated carbocycles. The number of hydrogen-bond acceptors (Lipinski definition) is 1. The number of nitrogens with zero attached hydrogens (tertiary/aromatic N) is 1. The minimum absolute atomic E-state index is 0. The monoisotopic (exact) mass is 567 g/mol. The van der Waals surface area contributed by atoms with Crippen molar-refractivity contribution in [3.05, 3.63) is 126 Å². The molecule has 0 heterocycles. The summed E-state index contributed by atoms with van der Waals surface area (Å²) < 4.78 is 1.97. The first-order valence-corrected chi connectivity index (χ1v) is 10.9. The zero-order valence-corrected chi connectivity index (χ0v) is 20.5. The van der Waals surface area contributed by atoms with Crippen LogP contribution in [0.2, 0.25) is 0 Å². The second-order valence-corrected chi connectivity index (χ2v) is 8.46. The van der Waals surface area contributed by atoms with Crippen LogP contribution in [-0.4, -0.2) is 0 Å². The Hall–Kier alpha value is -1.29. The first kappa shape index (κ1) is 24.4. The molecule has 2 aromatic carbocycles. The maximum atomic E-state index is 9.77. The van der Waals surface area contributed by atoms with Gasteiger partial charge in [-0.05, 0) is 104 Å². The molecule has 0 saturated heterocycles. The van der Waals surface area contributed by atoms with Crippen molar-refractivity contribution >= 4 is 37.4 Å². The summed E-state index contributed by atoms with van der Waals surface area (Å²) in [5.74, 6) is 7.07. The molecule has 0 spiro atoms. The Balaban J connectivity index is 0.000000401. The minimum atomic E-state index is 0. The summed E-state index contributed by atoms with van der Waals surface area (Å²) in [7, 11) is 0. The maximum Gasteiger partial charge on any atom is 2.00 e. The molecule has 0 unspecified atom stereocenters. The normalized spacial score (nSPS) is 16.1. The second kappa shape index (κ2) is 11.5. The molecular formula is C27H15Br2FeN+2. The van der Waals surface area contributed by atoms with Crippen LogP contribution in [0.15, 0.2) is 50.9 Å². The first-order valence-electron chi connectivity index (χ1n) is 9.32. The van der Waals surface area contributed by atoms with Crippen LogP contribution in [0.1, 0.15) is 11.1 Å². The number of halogens is 2. The Morgan fingerprint density at radius 3 is 1.61 bits per heavy atom. The van der Waals surface area contributed by atoms with Crippen molar-refractivity contribution < 1.29 is 17.1 Å². The molecule has 3 aliphatic carbocycles. The molecule has 31 heavy (non-hydrogen) atoms. The molecule has 5 rings (SSSR count). The summed E-state index contributed by atoms with van der Waals surface area (Å²) in [5, 5.41) is 9.77. The van der Waals surface area contributed by atoms with Gasteiger partial charge in [-0.2, -0.15) is 5.26 Å². The van der Waals surface area contributed by atoms with Gasteiger partial charge in [0.25, 0.3) is 0 Å². The van der Waals surface area contributed by atoms with Gasteiger partial charge in [-0.25, -0.2) is 0 Å². The molecule has 0 atom stereocenters. The fourth-order valence-corrected chi connectivity index (χ4v) is 4.11. The Morgan fingerprint density at radius 1 is 0.677 bits per heavy atom. The summed E-state index contributed by atoms with van der Waals surface area (Å²) in [6.45, 7) is 0.